The first-order chi connectivity index (χ1) is 10.2. The molecule has 0 radical (unpaired) electrons. The Balaban J connectivity index is 1.71. The van der Waals surface area contributed by atoms with Crippen LogP contribution in [-0.4, -0.2) is 29.3 Å². The standard InChI is InChI=1S/C16H22N2O2S/c1-12-16(13(2)20-17-12)11-18(9-14-5-3-7-19-14)10-15-6-4-8-21-15/h4,6,8,14H,3,5,7,9-11H2,1-2H3/t14-/m0/s1. The molecular weight excluding hydrogens is 284 g/mol. The molecule has 0 spiro atoms. The summed E-state index contributed by atoms with van der Waals surface area (Å²) in [6, 6.07) is 4.31. The Bertz CT molecular complexity index is 539. The zero-order chi connectivity index (χ0) is 14.7. The van der Waals surface area contributed by atoms with Crippen molar-refractivity contribution in [3.63, 3.8) is 0 Å². The van der Waals surface area contributed by atoms with Crippen LogP contribution in [0.2, 0.25) is 0 Å². The van der Waals surface area contributed by atoms with E-state index in [0.717, 1.165) is 37.7 Å². The topological polar surface area (TPSA) is 38.5 Å². The van der Waals surface area contributed by atoms with Crippen molar-refractivity contribution in [1.82, 2.24) is 10.1 Å². The average molecular weight is 306 g/mol. The number of aromatic nitrogens is 1. The third kappa shape index (κ3) is 3.73. The van der Waals surface area contributed by atoms with E-state index in [1.807, 2.05) is 25.2 Å². The number of aryl methyl sites for hydroxylation is 2. The molecule has 2 aromatic rings. The van der Waals surface area contributed by atoms with Crippen molar-refractivity contribution >= 4 is 11.3 Å². The Labute approximate surface area is 129 Å². The van der Waals surface area contributed by atoms with Gasteiger partial charge in [0, 0.05) is 36.7 Å². The van der Waals surface area contributed by atoms with Crippen molar-refractivity contribution in [1.29, 1.82) is 0 Å². The lowest BCUT2D eigenvalue weighted by Crippen LogP contribution is -2.31. The lowest BCUT2D eigenvalue weighted by molar-refractivity contribution is 0.0680. The van der Waals surface area contributed by atoms with Crippen molar-refractivity contribution < 1.29 is 9.26 Å². The molecule has 3 heterocycles. The SMILES string of the molecule is Cc1noc(C)c1CN(Cc1cccs1)C[C@@H]1CCCO1. The number of hydrogen-bond donors (Lipinski definition) is 0. The fraction of sp³-hybridized carbons (Fsp3) is 0.562. The lowest BCUT2D eigenvalue weighted by atomic mass is 10.1. The Hall–Kier alpha value is -1.17. The van der Waals surface area contributed by atoms with Gasteiger partial charge >= 0.3 is 0 Å². The summed E-state index contributed by atoms with van der Waals surface area (Å²) in [6.45, 7) is 7.72. The molecule has 1 fully saturated rings. The van der Waals surface area contributed by atoms with Crippen LogP contribution >= 0.6 is 11.3 Å². The summed E-state index contributed by atoms with van der Waals surface area (Å²) in [5, 5.41) is 6.20. The molecule has 4 nitrogen and oxygen atoms in total. The second-order valence-electron chi connectivity index (χ2n) is 5.69. The summed E-state index contributed by atoms with van der Waals surface area (Å²) in [5.41, 5.74) is 2.21. The zero-order valence-electron chi connectivity index (χ0n) is 12.7. The van der Waals surface area contributed by atoms with E-state index in [1.165, 1.54) is 23.3 Å². The van der Waals surface area contributed by atoms with Gasteiger partial charge in [-0.15, -0.1) is 11.3 Å². The van der Waals surface area contributed by atoms with E-state index in [0.29, 0.717) is 6.10 Å². The largest absolute Gasteiger partial charge is 0.377 e. The summed E-state index contributed by atoms with van der Waals surface area (Å²) in [5.74, 6) is 0.927. The summed E-state index contributed by atoms with van der Waals surface area (Å²) in [4.78, 5) is 3.84. The Morgan fingerprint density at radius 2 is 2.29 bits per heavy atom. The van der Waals surface area contributed by atoms with Crippen LogP contribution in [0.5, 0.6) is 0 Å². The van der Waals surface area contributed by atoms with Gasteiger partial charge in [-0.25, -0.2) is 0 Å². The first-order valence-corrected chi connectivity index (χ1v) is 8.38. The van der Waals surface area contributed by atoms with Gasteiger partial charge in [-0.2, -0.15) is 0 Å². The van der Waals surface area contributed by atoms with Crippen LogP contribution in [0.4, 0.5) is 0 Å². The van der Waals surface area contributed by atoms with Crippen LogP contribution in [0.25, 0.3) is 0 Å². The molecule has 21 heavy (non-hydrogen) atoms. The molecule has 2 aromatic heterocycles. The third-order valence-corrected chi connectivity index (χ3v) is 4.87. The van der Waals surface area contributed by atoms with E-state index in [1.54, 1.807) is 0 Å². The maximum absolute atomic E-state index is 5.80. The number of rotatable bonds is 6. The monoisotopic (exact) mass is 306 g/mol. The minimum absolute atomic E-state index is 0.366. The van der Waals surface area contributed by atoms with E-state index in [4.69, 9.17) is 9.26 Å². The van der Waals surface area contributed by atoms with Crippen molar-refractivity contribution in [2.24, 2.45) is 0 Å². The van der Waals surface area contributed by atoms with Gasteiger partial charge in [-0.3, -0.25) is 4.90 Å². The minimum atomic E-state index is 0.366. The molecule has 1 saturated heterocycles. The van der Waals surface area contributed by atoms with Crippen LogP contribution in [0, 0.1) is 13.8 Å². The number of nitrogens with zero attached hydrogens (tertiary/aromatic N) is 2. The van der Waals surface area contributed by atoms with Gasteiger partial charge in [0.1, 0.15) is 5.76 Å². The molecule has 1 aliphatic heterocycles. The second-order valence-corrected chi connectivity index (χ2v) is 6.72. The van der Waals surface area contributed by atoms with Gasteiger partial charge in [-0.05, 0) is 38.1 Å². The van der Waals surface area contributed by atoms with Crippen molar-refractivity contribution in [3.8, 4) is 0 Å². The molecule has 1 aliphatic rings. The second kappa shape index (κ2) is 6.73. The molecule has 0 aromatic carbocycles. The minimum Gasteiger partial charge on any atom is -0.377 e. The van der Waals surface area contributed by atoms with Crippen molar-refractivity contribution in [2.45, 2.75) is 45.9 Å². The first-order valence-electron chi connectivity index (χ1n) is 7.50. The van der Waals surface area contributed by atoms with Crippen LogP contribution < -0.4 is 0 Å². The third-order valence-electron chi connectivity index (χ3n) is 4.01. The lowest BCUT2D eigenvalue weighted by Gasteiger charge is -2.24. The molecule has 1 atom stereocenters. The van der Waals surface area contributed by atoms with E-state index >= 15 is 0 Å². The molecule has 3 rings (SSSR count). The smallest absolute Gasteiger partial charge is 0.138 e. The highest BCUT2D eigenvalue weighted by Crippen LogP contribution is 2.21. The quantitative estimate of drug-likeness (QED) is 0.818. The molecule has 0 aliphatic carbocycles. The van der Waals surface area contributed by atoms with Crippen LogP contribution in [0.3, 0.4) is 0 Å². The summed E-state index contributed by atoms with van der Waals surface area (Å²) in [6.07, 6.45) is 2.72. The highest BCUT2D eigenvalue weighted by Gasteiger charge is 2.21. The average Bonchev–Trinajstić information content (AvgIpc) is 3.19. The van der Waals surface area contributed by atoms with Gasteiger partial charge in [0.15, 0.2) is 0 Å². The van der Waals surface area contributed by atoms with Crippen LogP contribution in [0.15, 0.2) is 22.0 Å². The number of thiophene rings is 1. The van der Waals surface area contributed by atoms with E-state index in [-0.39, 0.29) is 0 Å². The molecule has 0 bridgehead atoms. The predicted octanol–water partition coefficient (Wildman–Crippen LogP) is 3.53. The fourth-order valence-corrected chi connectivity index (χ4v) is 3.58. The normalized spacial score (nSPS) is 18.7. The van der Waals surface area contributed by atoms with Gasteiger partial charge in [0.05, 0.1) is 11.8 Å². The molecule has 0 N–H and O–H groups in total. The van der Waals surface area contributed by atoms with Crippen molar-refractivity contribution in [2.75, 3.05) is 13.2 Å². The molecule has 0 amide bonds. The maximum Gasteiger partial charge on any atom is 0.138 e. The molecule has 5 heteroatoms. The summed E-state index contributed by atoms with van der Waals surface area (Å²) >= 11 is 1.81. The van der Waals surface area contributed by atoms with Crippen LogP contribution in [0.1, 0.15) is 34.7 Å². The van der Waals surface area contributed by atoms with E-state index < -0.39 is 0 Å². The van der Waals surface area contributed by atoms with Gasteiger partial charge < -0.3 is 9.26 Å². The maximum atomic E-state index is 5.80. The molecule has 0 saturated carbocycles. The van der Waals surface area contributed by atoms with Crippen molar-refractivity contribution in [3.05, 3.63) is 39.4 Å². The Kier molecular flexibility index (Phi) is 4.73. The predicted molar refractivity (Wildman–Crippen MR) is 83.4 cm³/mol. The van der Waals surface area contributed by atoms with Crippen LogP contribution in [-0.2, 0) is 17.8 Å². The van der Waals surface area contributed by atoms with E-state index in [9.17, 15) is 0 Å². The highest BCUT2D eigenvalue weighted by molar-refractivity contribution is 7.09. The molecule has 0 unspecified atom stereocenters. The molecular formula is C16H22N2O2S. The Morgan fingerprint density at radius 3 is 2.90 bits per heavy atom. The fourth-order valence-electron chi connectivity index (χ4n) is 2.84. The van der Waals surface area contributed by atoms with Gasteiger partial charge in [-0.1, -0.05) is 11.2 Å². The zero-order valence-corrected chi connectivity index (χ0v) is 13.5. The number of hydrogen-bond acceptors (Lipinski definition) is 5. The highest BCUT2D eigenvalue weighted by atomic mass is 32.1. The van der Waals surface area contributed by atoms with Gasteiger partial charge in [0.25, 0.3) is 0 Å². The Morgan fingerprint density at radius 1 is 1.38 bits per heavy atom. The van der Waals surface area contributed by atoms with Gasteiger partial charge in [0.2, 0.25) is 0 Å². The van der Waals surface area contributed by atoms with E-state index in [2.05, 4.69) is 27.6 Å². The first kappa shape index (κ1) is 14.8. The number of ether oxygens (including phenoxy) is 1. The molecule has 114 valence electrons. The summed E-state index contributed by atoms with van der Waals surface area (Å²) in [7, 11) is 0. The summed E-state index contributed by atoms with van der Waals surface area (Å²) < 4.78 is 11.1.